The number of rotatable bonds is 1. The number of benzene rings is 2. The monoisotopic (exact) mass is 320 g/mol. The smallest absolute Gasteiger partial charge is 0.316 e. The fraction of sp³-hybridized carbons (Fsp3) is 0.167. The number of hydrogen-bond donors (Lipinski definition) is 2. The van der Waals surface area contributed by atoms with Gasteiger partial charge < -0.3 is 15.2 Å². The molecule has 24 heavy (non-hydrogen) atoms. The van der Waals surface area contributed by atoms with Crippen LogP contribution in [0.2, 0.25) is 0 Å². The Balaban J connectivity index is 1.57. The average molecular weight is 320 g/mol. The molecule has 2 N–H and O–H groups in total. The second kappa shape index (κ2) is 5.49. The largest absolute Gasteiger partial charge is 0.345 e. The van der Waals surface area contributed by atoms with Crippen LogP contribution in [0.5, 0.6) is 0 Å². The molecule has 6 heteroatoms. The van der Waals surface area contributed by atoms with Crippen LogP contribution in [0.3, 0.4) is 0 Å². The first-order chi connectivity index (χ1) is 11.6. The number of aromatic amines is 1. The normalized spacial score (nSPS) is 16.2. The Bertz CT molecular complexity index is 947. The number of para-hydroxylation sites is 1. The van der Waals surface area contributed by atoms with Crippen LogP contribution in [-0.2, 0) is 16.0 Å². The zero-order valence-electron chi connectivity index (χ0n) is 13.1. The zero-order valence-corrected chi connectivity index (χ0v) is 13.1. The van der Waals surface area contributed by atoms with Gasteiger partial charge in [0.25, 0.3) is 0 Å². The molecule has 0 saturated carbocycles. The third-order valence-corrected chi connectivity index (χ3v) is 4.30. The summed E-state index contributed by atoms with van der Waals surface area (Å²) in [4.78, 5) is 33.7. The lowest BCUT2D eigenvalue weighted by Crippen LogP contribution is -2.43. The molecule has 6 nitrogen and oxygen atoms in total. The van der Waals surface area contributed by atoms with E-state index >= 15 is 0 Å². The van der Waals surface area contributed by atoms with Crippen molar-refractivity contribution in [3.8, 4) is 0 Å². The molecule has 1 aromatic heterocycles. The number of fused-ring (bicyclic) bond motifs is 2. The highest BCUT2D eigenvalue weighted by Gasteiger charge is 2.34. The van der Waals surface area contributed by atoms with E-state index in [4.69, 9.17) is 0 Å². The number of hydrogen-bond acceptors (Lipinski definition) is 3. The predicted octanol–water partition coefficient (Wildman–Crippen LogP) is 2.48. The third kappa shape index (κ3) is 2.32. The van der Waals surface area contributed by atoms with Gasteiger partial charge >= 0.3 is 11.8 Å². The lowest BCUT2D eigenvalue weighted by atomic mass is 10.1. The zero-order chi connectivity index (χ0) is 16.7. The van der Waals surface area contributed by atoms with E-state index in [1.54, 1.807) is 29.4 Å². The van der Waals surface area contributed by atoms with Gasteiger partial charge in [0.15, 0.2) is 0 Å². The van der Waals surface area contributed by atoms with Crippen LogP contribution in [0, 0.1) is 0 Å². The number of amides is 2. The van der Waals surface area contributed by atoms with Crippen LogP contribution in [-0.4, -0.2) is 27.8 Å². The first-order valence-electron chi connectivity index (χ1n) is 7.79. The van der Waals surface area contributed by atoms with Crippen molar-refractivity contribution in [1.82, 2.24) is 9.97 Å². The maximum absolute atomic E-state index is 12.6. The van der Waals surface area contributed by atoms with Gasteiger partial charge in [-0.05, 0) is 43.2 Å². The van der Waals surface area contributed by atoms with Crippen LogP contribution in [0.15, 0.2) is 48.8 Å². The van der Waals surface area contributed by atoms with Crippen molar-refractivity contribution in [2.24, 2.45) is 0 Å². The van der Waals surface area contributed by atoms with Crippen LogP contribution in [0.25, 0.3) is 11.0 Å². The third-order valence-electron chi connectivity index (χ3n) is 4.30. The summed E-state index contributed by atoms with van der Waals surface area (Å²) in [5, 5.41) is 2.67. The summed E-state index contributed by atoms with van der Waals surface area (Å²) in [6.07, 6.45) is 2.35. The van der Waals surface area contributed by atoms with Crippen molar-refractivity contribution in [2.75, 3.05) is 10.2 Å². The molecule has 0 aliphatic carbocycles. The fourth-order valence-electron chi connectivity index (χ4n) is 3.18. The first kappa shape index (κ1) is 14.4. The molecule has 1 atom stereocenters. The van der Waals surface area contributed by atoms with Crippen molar-refractivity contribution >= 4 is 34.2 Å². The number of aromatic nitrogens is 2. The number of carbonyl (C=O) groups is 2. The summed E-state index contributed by atoms with van der Waals surface area (Å²) in [6, 6.07) is 12.9. The minimum atomic E-state index is -0.641. The Hall–Kier alpha value is -3.15. The van der Waals surface area contributed by atoms with Crippen molar-refractivity contribution in [2.45, 2.75) is 19.4 Å². The van der Waals surface area contributed by atoms with Gasteiger partial charge in [0.05, 0.1) is 17.4 Å². The summed E-state index contributed by atoms with van der Waals surface area (Å²) in [5.41, 5.74) is 4.07. The standard InChI is InChI=1S/C18H16N4O2/c1-11-8-12-4-2-3-5-16(12)22(11)18(24)17(23)21-13-6-7-14-15(9-13)20-10-19-14/h2-7,9-11H,8H2,1H3,(H,19,20)(H,21,23). The van der Waals surface area contributed by atoms with E-state index in [0.29, 0.717) is 5.69 Å². The molecule has 0 saturated heterocycles. The quantitative estimate of drug-likeness (QED) is 0.676. The summed E-state index contributed by atoms with van der Waals surface area (Å²) < 4.78 is 0. The lowest BCUT2D eigenvalue weighted by molar-refractivity contribution is -0.134. The Morgan fingerprint density at radius 1 is 1.25 bits per heavy atom. The lowest BCUT2D eigenvalue weighted by Gasteiger charge is -2.22. The number of nitrogens with zero attached hydrogens (tertiary/aromatic N) is 2. The molecule has 1 unspecified atom stereocenters. The SMILES string of the molecule is CC1Cc2ccccc2N1C(=O)C(=O)Nc1ccc2nc[nH]c2c1. The van der Waals surface area contributed by atoms with E-state index in [0.717, 1.165) is 28.7 Å². The Kier molecular flexibility index (Phi) is 3.30. The number of nitrogens with one attached hydrogen (secondary N) is 2. The van der Waals surface area contributed by atoms with Gasteiger partial charge in [-0.25, -0.2) is 4.98 Å². The molecule has 2 amide bonds. The maximum atomic E-state index is 12.6. The minimum absolute atomic E-state index is 0.0317. The minimum Gasteiger partial charge on any atom is -0.345 e. The molecule has 4 rings (SSSR count). The van der Waals surface area contributed by atoms with Gasteiger partial charge in [0.2, 0.25) is 0 Å². The first-order valence-corrected chi connectivity index (χ1v) is 7.79. The molecule has 0 fully saturated rings. The van der Waals surface area contributed by atoms with Crippen molar-refractivity contribution < 1.29 is 9.59 Å². The highest BCUT2D eigenvalue weighted by atomic mass is 16.2. The number of imidazole rings is 1. The molecule has 1 aliphatic heterocycles. The highest BCUT2D eigenvalue weighted by molar-refractivity contribution is 6.44. The summed E-state index contributed by atoms with van der Waals surface area (Å²) in [7, 11) is 0. The number of carbonyl (C=O) groups excluding carboxylic acids is 2. The molecular weight excluding hydrogens is 304 g/mol. The van der Waals surface area contributed by atoms with Gasteiger partial charge in [0, 0.05) is 17.4 Å². The van der Waals surface area contributed by atoms with E-state index in [1.165, 1.54) is 0 Å². The van der Waals surface area contributed by atoms with E-state index in [9.17, 15) is 9.59 Å². The summed E-state index contributed by atoms with van der Waals surface area (Å²) in [5.74, 6) is -1.19. The van der Waals surface area contributed by atoms with Crippen molar-refractivity contribution in [3.63, 3.8) is 0 Å². The Labute approximate surface area is 138 Å². The van der Waals surface area contributed by atoms with Gasteiger partial charge in [-0.3, -0.25) is 9.59 Å². The highest BCUT2D eigenvalue weighted by Crippen LogP contribution is 2.32. The molecule has 2 heterocycles. The molecule has 2 aromatic carbocycles. The molecular formula is C18H16N4O2. The van der Waals surface area contributed by atoms with Crippen LogP contribution in [0.1, 0.15) is 12.5 Å². The topological polar surface area (TPSA) is 78.1 Å². The second-order valence-electron chi connectivity index (χ2n) is 5.95. The molecule has 0 spiro atoms. The Morgan fingerprint density at radius 2 is 2.08 bits per heavy atom. The van der Waals surface area contributed by atoms with Gasteiger partial charge in [0.1, 0.15) is 0 Å². The maximum Gasteiger partial charge on any atom is 0.316 e. The van der Waals surface area contributed by atoms with Gasteiger partial charge in [-0.2, -0.15) is 0 Å². The van der Waals surface area contributed by atoms with Crippen molar-refractivity contribution in [1.29, 1.82) is 0 Å². The molecule has 0 radical (unpaired) electrons. The van der Waals surface area contributed by atoms with E-state index in [2.05, 4.69) is 15.3 Å². The molecule has 120 valence electrons. The van der Waals surface area contributed by atoms with E-state index in [1.807, 2.05) is 31.2 Å². The molecule has 1 aliphatic rings. The van der Waals surface area contributed by atoms with Gasteiger partial charge in [-0.1, -0.05) is 18.2 Å². The molecule has 0 bridgehead atoms. The number of H-pyrrole nitrogens is 1. The van der Waals surface area contributed by atoms with Crippen LogP contribution < -0.4 is 10.2 Å². The molecule has 3 aromatic rings. The van der Waals surface area contributed by atoms with E-state index in [-0.39, 0.29) is 6.04 Å². The predicted molar refractivity (Wildman–Crippen MR) is 91.8 cm³/mol. The fourth-order valence-corrected chi connectivity index (χ4v) is 3.18. The van der Waals surface area contributed by atoms with Crippen molar-refractivity contribution in [3.05, 3.63) is 54.4 Å². The second-order valence-corrected chi connectivity index (χ2v) is 5.95. The van der Waals surface area contributed by atoms with Crippen LogP contribution in [0.4, 0.5) is 11.4 Å². The Morgan fingerprint density at radius 3 is 2.96 bits per heavy atom. The van der Waals surface area contributed by atoms with E-state index < -0.39 is 11.8 Å². The van der Waals surface area contributed by atoms with Crippen LogP contribution >= 0.6 is 0 Å². The summed E-state index contributed by atoms with van der Waals surface area (Å²) >= 11 is 0. The summed E-state index contributed by atoms with van der Waals surface area (Å²) in [6.45, 7) is 1.95. The average Bonchev–Trinajstić information content (AvgIpc) is 3.16. The van der Waals surface area contributed by atoms with Gasteiger partial charge in [-0.15, -0.1) is 0 Å². The number of anilines is 2.